The number of nitrogens with one attached hydrogen (secondary N) is 1. The molecule has 8 heteroatoms. The number of halogens is 1. The molecule has 1 atom stereocenters. The van der Waals surface area contributed by atoms with Crippen molar-refractivity contribution < 1.29 is 13.3 Å². The second-order valence-corrected chi connectivity index (χ2v) is 7.71. The number of rotatable bonds is 4. The summed E-state index contributed by atoms with van der Waals surface area (Å²) in [6.45, 7) is 0.427. The zero-order valence-corrected chi connectivity index (χ0v) is 12.4. The number of hydrogen-bond acceptors (Lipinski definition) is 5. The summed E-state index contributed by atoms with van der Waals surface area (Å²) in [6, 6.07) is 4.64. The number of anilines is 1. The summed E-state index contributed by atoms with van der Waals surface area (Å²) >= 11 is 3.26. The smallest absolute Gasteiger partial charge is 0.292 e. The van der Waals surface area contributed by atoms with Crippen LogP contribution in [0.2, 0.25) is 0 Å². The number of nitrogens with zero attached hydrogens (tertiary/aromatic N) is 1. The van der Waals surface area contributed by atoms with Crippen LogP contribution in [0.5, 0.6) is 0 Å². The van der Waals surface area contributed by atoms with Gasteiger partial charge < -0.3 is 5.32 Å². The molecule has 1 fully saturated rings. The second-order valence-electron chi connectivity index (χ2n) is 4.57. The minimum Gasteiger partial charge on any atom is -0.379 e. The lowest BCUT2D eigenvalue weighted by atomic mass is 10.1. The highest BCUT2D eigenvalue weighted by molar-refractivity contribution is 9.10. The molecule has 1 aromatic carbocycles. The van der Waals surface area contributed by atoms with Crippen molar-refractivity contribution in [3.05, 3.63) is 32.8 Å². The largest absolute Gasteiger partial charge is 0.379 e. The van der Waals surface area contributed by atoms with Crippen LogP contribution in [0.3, 0.4) is 0 Å². The molecule has 0 aromatic heterocycles. The van der Waals surface area contributed by atoms with Gasteiger partial charge in [-0.3, -0.25) is 10.1 Å². The Kier molecular flexibility index (Phi) is 4.10. The number of sulfone groups is 1. The molecule has 0 amide bonds. The van der Waals surface area contributed by atoms with E-state index in [1.807, 2.05) is 0 Å². The lowest BCUT2D eigenvalue weighted by Crippen LogP contribution is -2.16. The molecule has 0 spiro atoms. The van der Waals surface area contributed by atoms with E-state index in [-0.39, 0.29) is 23.1 Å². The Labute approximate surface area is 119 Å². The minimum atomic E-state index is -2.92. The van der Waals surface area contributed by atoms with Crippen molar-refractivity contribution in [2.75, 3.05) is 23.4 Å². The van der Waals surface area contributed by atoms with E-state index in [9.17, 15) is 18.5 Å². The fourth-order valence-corrected chi connectivity index (χ4v) is 4.32. The first-order valence-corrected chi connectivity index (χ1v) is 8.37. The van der Waals surface area contributed by atoms with Gasteiger partial charge in [-0.25, -0.2) is 8.42 Å². The Balaban J connectivity index is 2.07. The molecule has 6 nitrogen and oxygen atoms in total. The molecule has 19 heavy (non-hydrogen) atoms. The van der Waals surface area contributed by atoms with Crippen LogP contribution in [0.1, 0.15) is 6.42 Å². The molecular weight excluding hydrogens is 336 g/mol. The predicted molar refractivity (Wildman–Crippen MR) is 76.0 cm³/mol. The van der Waals surface area contributed by atoms with E-state index in [0.717, 1.165) is 4.47 Å². The zero-order valence-electron chi connectivity index (χ0n) is 10.0. The van der Waals surface area contributed by atoms with Crippen LogP contribution in [0.25, 0.3) is 0 Å². The molecule has 1 aliphatic rings. The maximum absolute atomic E-state index is 11.3. The fraction of sp³-hybridized carbons (Fsp3) is 0.455. The van der Waals surface area contributed by atoms with E-state index < -0.39 is 14.8 Å². The minimum absolute atomic E-state index is 0.0101. The van der Waals surface area contributed by atoms with Crippen LogP contribution in [0.15, 0.2) is 22.7 Å². The van der Waals surface area contributed by atoms with Gasteiger partial charge in [0.25, 0.3) is 5.69 Å². The molecule has 104 valence electrons. The highest BCUT2D eigenvalue weighted by Gasteiger charge is 2.28. The maximum Gasteiger partial charge on any atom is 0.292 e. The average molecular weight is 349 g/mol. The first kappa shape index (κ1) is 14.3. The lowest BCUT2D eigenvalue weighted by Gasteiger charge is -2.11. The molecule has 1 aromatic rings. The summed E-state index contributed by atoms with van der Waals surface area (Å²) < 4.78 is 23.4. The fourth-order valence-electron chi connectivity index (χ4n) is 2.10. The van der Waals surface area contributed by atoms with E-state index in [1.165, 1.54) is 6.07 Å². The van der Waals surface area contributed by atoms with E-state index >= 15 is 0 Å². The highest BCUT2D eigenvalue weighted by Crippen LogP contribution is 2.29. The van der Waals surface area contributed by atoms with Gasteiger partial charge in [0.2, 0.25) is 0 Å². The first-order chi connectivity index (χ1) is 8.87. The molecular formula is C11H13BrN2O4S. The van der Waals surface area contributed by atoms with Gasteiger partial charge in [0, 0.05) is 17.1 Å². The normalized spacial score (nSPS) is 21.2. The van der Waals surface area contributed by atoms with Crippen molar-refractivity contribution in [3.63, 3.8) is 0 Å². The van der Waals surface area contributed by atoms with Crippen LogP contribution in [-0.2, 0) is 9.84 Å². The van der Waals surface area contributed by atoms with Gasteiger partial charge in [-0.1, -0.05) is 15.9 Å². The van der Waals surface area contributed by atoms with Crippen molar-refractivity contribution in [2.24, 2.45) is 5.92 Å². The molecule has 1 unspecified atom stereocenters. The van der Waals surface area contributed by atoms with Crippen molar-refractivity contribution in [2.45, 2.75) is 6.42 Å². The van der Waals surface area contributed by atoms with Crippen molar-refractivity contribution in [1.82, 2.24) is 0 Å². The Morgan fingerprint density at radius 3 is 2.79 bits per heavy atom. The van der Waals surface area contributed by atoms with E-state index in [2.05, 4.69) is 21.2 Å². The average Bonchev–Trinajstić information content (AvgIpc) is 2.66. The van der Waals surface area contributed by atoms with Gasteiger partial charge >= 0.3 is 0 Å². The van der Waals surface area contributed by atoms with E-state index in [4.69, 9.17) is 0 Å². The molecule has 0 saturated carbocycles. The zero-order chi connectivity index (χ0) is 14.0. The molecule has 1 aliphatic heterocycles. The first-order valence-electron chi connectivity index (χ1n) is 5.75. The third kappa shape index (κ3) is 3.66. The summed E-state index contributed by atoms with van der Waals surface area (Å²) in [6.07, 6.45) is 0.608. The van der Waals surface area contributed by atoms with E-state index in [1.54, 1.807) is 12.1 Å². The monoisotopic (exact) mass is 348 g/mol. The Morgan fingerprint density at radius 1 is 1.47 bits per heavy atom. The standard InChI is InChI=1S/C11H13BrN2O4S/c12-9-1-2-11(14(15)16)10(5-9)13-6-8-3-4-19(17,18)7-8/h1-2,5,8,13H,3-4,6-7H2. The Morgan fingerprint density at radius 2 is 2.21 bits per heavy atom. The van der Waals surface area contributed by atoms with E-state index in [0.29, 0.717) is 18.7 Å². The quantitative estimate of drug-likeness (QED) is 0.665. The topological polar surface area (TPSA) is 89.3 Å². The molecule has 1 heterocycles. The number of hydrogen-bond donors (Lipinski definition) is 1. The number of nitro groups is 1. The van der Waals surface area contributed by atoms with Crippen LogP contribution >= 0.6 is 15.9 Å². The summed E-state index contributed by atoms with van der Waals surface area (Å²) in [5.41, 5.74) is 0.396. The van der Waals surface area contributed by atoms with Gasteiger partial charge in [0.1, 0.15) is 5.69 Å². The van der Waals surface area contributed by atoms with Crippen molar-refractivity contribution in [3.8, 4) is 0 Å². The summed E-state index contributed by atoms with van der Waals surface area (Å²) in [5, 5.41) is 13.9. The number of nitro benzene ring substituents is 1. The molecule has 0 bridgehead atoms. The second kappa shape index (κ2) is 5.46. The molecule has 0 aliphatic carbocycles. The lowest BCUT2D eigenvalue weighted by molar-refractivity contribution is -0.384. The van der Waals surface area contributed by atoms with Gasteiger partial charge in [-0.05, 0) is 24.5 Å². The summed E-state index contributed by atoms with van der Waals surface area (Å²) in [7, 11) is -2.92. The predicted octanol–water partition coefficient (Wildman–Crippen LogP) is 2.20. The van der Waals surface area contributed by atoms with Gasteiger partial charge in [0.05, 0.1) is 16.4 Å². The maximum atomic E-state index is 11.3. The van der Waals surface area contributed by atoms with Crippen LogP contribution < -0.4 is 5.32 Å². The van der Waals surface area contributed by atoms with Gasteiger partial charge in [-0.2, -0.15) is 0 Å². The van der Waals surface area contributed by atoms with Crippen LogP contribution in [0, 0.1) is 16.0 Å². The number of benzene rings is 1. The van der Waals surface area contributed by atoms with Gasteiger partial charge in [-0.15, -0.1) is 0 Å². The third-order valence-corrected chi connectivity index (χ3v) is 5.39. The SMILES string of the molecule is O=[N+]([O-])c1ccc(Br)cc1NCC1CCS(=O)(=O)C1. The molecule has 0 radical (unpaired) electrons. The van der Waals surface area contributed by atoms with Crippen molar-refractivity contribution >= 4 is 37.1 Å². The Bertz CT molecular complexity index is 603. The molecule has 1 saturated heterocycles. The third-order valence-electron chi connectivity index (χ3n) is 3.06. The van der Waals surface area contributed by atoms with Gasteiger partial charge in [0.15, 0.2) is 9.84 Å². The summed E-state index contributed by atoms with van der Waals surface area (Å²) in [5.74, 6) is 0.380. The van der Waals surface area contributed by atoms with Crippen LogP contribution in [0.4, 0.5) is 11.4 Å². The van der Waals surface area contributed by atoms with Crippen molar-refractivity contribution in [1.29, 1.82) is 0 Å². The summed E-state index contributed by atoms with van der Waals surface area (Å²) in [4.78, 5) is 10.4. The Hall–Kier alpha value is -1.15. The van der Waals surface area contributed by atoms with Crippen LogP contribution in [-0.4, -0.2) is 31.4 Å². The molecule has 2 rings (SSSR count). The highest BCUT2D eigenvalue weighted by atomic mass is 79.9. The molecule has 1 N–H and O–H groups in total.